The third kappa shape index (κ3) is 4.19. The molecule has 0 radical (unpaired) electrons. The van der Waals surface area contributed by atoms with E-state index in [1.807, 2.05) is 16.8 Å². The van der Waals surface area contributed by atoms with Gasteiger partial charge in [0.25, 0.3) is 5.91 Å². The number of anilines is 1. The van der Waals surface area contributed by atoms with Crippen LogP contribution in [-0.2, 0) is 4.74 Å². The maximum atomic E-state index is 12.5. The van der Waals surface area contributed by atoms with Gasteiger partial charge >= 0.3 is 0 Å². The van der Waals surface area contributed by atoms with Crippen LogP contribution in [0.4, 0.5) is 5.82 Å². The van der Waals surface area contributed by atoms with E-state index in [1.165, 1.54) is 12.8 Å². The van der Waals surface area contributed by atoms with Crippen molar-refractivity contribution in [3.8, 4) is 0 Å². The van der Waals surface area contributed by atoms with Gasteiger partial charge < -0.3 is 14.5 Å². The number of halogens is 1. The lowest BCUT2D eigenvalue weighted by molar-refractivity contribution is 0.0215. The van der Waals surface area contributed by atoms with Crippen molar-refractivity contribution in [2.24, 2.45) is 0 Å². The normalized spacial score (nSPS) is 21.6. The number of aromatic nitrogens is 1. The number of carbonyl (C=O) groups is 1. The Kier molecular flexibility index (Phi) is 5.95. The monoisotopic (exact) mass is 351 g/mol. The maximum Gasteiger partial charge on any atom is 0.255 e. The van der Waals surface area contributed by atoms with Crippen molar-refractivity contribution in [3.05, 3.63) is 22.8 Å². The highest BCUT2D eigenvalue weighted by Gasteiger charge is 2.21. The summed E-state index contributed by atoms with van der Waals surface area (Å²) < 4.78 is 5.78. The Morgan fingerprint density at radius 2 is 2.12 bits per heavy atom. The van der Waals surface area contributed by atoms with Gasteiger partial charge in [-0.15, -0.1) is 0 Å². The van der Waals surface area contributed by atoms with E-state index in [0.29, 0.717) is 16.4 Å². The fourth-order valence-electron chi connectivity index (χ4n) is 3.45. The molecule has 0 aromatic carbocycles. The second kappa shape index (κ2) is 8.17. The average Bonchev–Trinajstić information content (AvgIpc) is 2.62. The average molecular weight is 352 g/mol. The van der Waals surface area contributed by atoms with Gasteiger partial charge in [0.1, 0.15) is 5.82 Å². The fraction of sp³-hybridized carbons (Fsp3) is 0.667. The summed E-state index contributed by atoms with van der Waals surface area (Å²) >= 11 is 6.41. The van der Waals surface area contributed by atoms with Gasteiger partial charge in [-0.25, -0.2) is 4.98 Å². The van der Waals surface area contributed by atoms with Crippen molar-refractivity contribution in [2.45, 2.75) is 44.6 Å². The molecule has 0 N–H and O–H groups in total. The van der Waals surface area contributed by atoms with Crippen molar-refractivity contribution in [1.29, 1.82) is 0 Å². The van der Waals surface area contributed by atoms with E-state index < -0.39 is 0 Å². The van der Waals surface area contributed by atoms with Crippen molar-refractivity contribution in [1.82, 2.24) is 9.88 Å². The number of nitrogens with zero attached hydrogens (tertiary/aromatic N) is 3. The van der Waals surface area contributed by atoms with Crippen LogP contribution >= 0.6 is 11.6 Å². The van der Waals surface area contributed by atoms with Crippen molar-refractivity contribution in [2.75, 3.05) is 38.2 Å². The molecular formula is C18H26ClN3O2. The Morgan fingerprint density at radius 3 is 2.79 bits per heavy atom. The van der Waals surface area contributed by atoms with Gasteiger partial charge in [0.2, 0.25) is 0 Å². The van der Waals surface area contributed by atoms with Crippen LogP contribution in [0.15, 0.2) is 12.3 Å². The van der Waals surface area contributed by atoms with Crippen molar-refractivity contribution in [3.63, 3.8) is 0 Å². The zero-order valence-corrected chi connectivity index (χ0v) is 15.1. The molecule has 2 aliphatic rings. The second-order valence-electron chi connectivity index (χ2n) is 6.75. The topological polar surface area (TPSA) is 45.7 Å². The number of piperidine rings is 1. The number of rotatable bonds is 4. The van der Waals surface area contributed by atoms with Gasteiger partial charge in [-0.1, -0.05) is 11.6 Å². The lowest BCUT2D eigenvalue weighted by Crippen LogP contribution is -2.36. The Labute approximate surface area is 148 Å². The number of amides is 1. The molecule has 0 spiro atoms. The van der Waals surface area contributed by atoms with Gasteiger partial charge in [0.05, 0.1) is 16.7 Å². The maximum absolute atomic E-state index is 12.5. The first-order valence-electron chi connectivity index (χ1n) is 8.92. The molecule has 24 heavy (non-hydrogen) atoms. The summed E-state index contributed by atoms with van der Waals surface area (Å²) in [5.74, 6) is 0.745. The van der Waals surface area contributed by atoms with Crippen LogP contribution < -0.4 is 4.90 Å². The molecule has 3 heterocycles. The highest BCUT2D eigenvalue weighted by molar-refractivity contribution is 6.33. The first-order valence-corrected chi connectivity index (χ1v) is 9.30. The fourth-order valence-corrected chi connectivity index (χ4v) is 3.76. The minimum Gasteiger partial charge on any atom is -0.376 e. The number of likely N-dealkylation sites (tertiary alicyclic amines) is 1. The summed E-state index contributed by atoms with van der Waals surface area (Å²) in [6.45, 7) is 3.27. The number of hydrogen-bond acceptors (Lipinski definition) is 4. The predicted octanol–water partition coefficient (Wildman–Crippen LogP) is 3.37. The molecular weight excluding hydrogens is 326 g/mol. The molecule has 1 amide bonds. The first kappa shape index (κ1) is 17.5. The van der Waals surface area contributed by atoms with E-state index in [4.69, 9.17) is 16.3 Å². The van der Waals surface area contributed by atoms with Gasteiger partial charge in [-0.05, 0) is 44.6 Å². The molecule has 1 atom stereocenters. The highest BCUT2D eigenvalue weighted by atomic mass is 35.5. The molecule has 2 aliphatic heterocycles. The molecule has 6 heteroatoms. The van der Waals surface area contributed by atoms with E-state index in [2.05, 4.69) is 4.98 Å². The number of hydrogen-bond donors (Lipinski definition) is 0. The van der Waals surface area contributed by atoms with Gasteiger partial charge in [-0.3, -0.25) is 4.79 Å². The minimum atomic E-state index is 0.0360. The van der Waals surface area contributed by atoms with Crippen LogP contribution in [0.1, 0.15) is 48.9 Å². The number of carbonyl (C=O) groups excluding carboxylic acids is 1. The molecule has 1 unspecified atom stereocenters. The summed E-state index contributed by atoms with van der Waals surface area (Å²) in [4.78, 5) is 20.9. The Bertz CT molecular complexity index is 569. The standard InChI is InChI=1S/C18H26ClN3O2/c1-21(13-15-7-3-6-10-24-15)17-16(19)11-14(12-20-17)18(23)22-8-4-2-5-9-22/h11-12,15H,2-10,13H2,1H3. The zero-order valence-electron chi connectivity index (χ0n) is 14.3. The molecule has 132 valence electrons. The summed E-state index contributed by atoms with van der Waals surface area (Å²) in [5.41, 5.74) is 0.577. The van der Waals surface area contributed by atoms with Crippen molar-refractivity contribution < 1.29 is 9.53 Å². The molecule has 2 saturated heterocycles. The quantitative estimate of drug-likeness (QED) is 0.834. The zero-order chi connectivity index (χ0) is 16.9. The van der Waals surface area contributed by atoms with E-state index in [0.717, 1.165) is 51.9 Å². The lowest BCUT2D eigenvalue weighted by atomic mass is 10.1. The van der Waals surface area contributed by atoms with Crippen molar-refractivity contribution >= 4 is 23.3 Å². The van der Waals surface area contributed by atoms with Gasteiger partial charge in [0.15, 0.2) is 0 Å². The molecule has 1 aromatic rings. The minimum absolute atomic E-state index is 0.0360. The summed E-state index contributed by atoms with van der Waals surface area (Å²) in [5, 5.41) is 0.524. The highest BCUT2D eigenvalue weighted by Crippen LogP contribution is 2.25. The Morgan fingerprint density at radius 1 is 1.33 bits per heavy atom. The van der Waals surface area contributed by atoms with E-state index in [-0.39, 0.29) is 12.0 Å². The molecule has 5 nitrogen and oxygen atoms in total. The van der Waals surface area contributed by atoms with Crippen LogP contribution in [0.5, 0.6) is 0 Å². The summed E-state index contributed by atoms with van der Waals surface area (Å²) in [6, 6.07) is 1.75. The first-order chi connectivity index (χ1) is 11.6. The predicted molar refractivity (Wildman–Crippen MR) is 95.9 cm³/mol. The van der Waals surface area contributed by atoms with Crippen LogP contribution in [0.2, 0.25) is 5.02 Å². The molecule has 0 aliphatic carbocycles. The Hall–Kier alpha value is -1.33. The molecule has 0 bridgehead atoms. The third-order valence-electron chi connectivity index (χ3n) is 4.83. The number of likely N-dealkylation sites (N-methyl/N-ethyl adjacent to an activating group) is 1. The van der Waals surface area contributed by atoms with E-state index >= 15 is 0 Å². The molecule has 0 saturated carbocycles. The van der Waals surface area contributed by atoms with Gasteiger partial charge in [-0.2, -0.15) is 0 Å². The summed E-state index contributed by atoms with van der Waals surface area (Å²) in [6.07, 6.45) is 8.68. The SMILES string of the molecule is CN(CC1CCCCO1)c1ncc(C(=O)N2CCCCC2)cc1Cl. The largest absolute Gasteiger partial charge is 0.376 e. The molecule has 1 aromatic heterocycles. The van der Waals surface area contributed by atoms with Gasteiger partial charge in [0, 0.05) is 39.5 Å². The number of pyridine rings is 1. The third-order valence-corrected chi connectivity index (χ3v) is 5.10. The number of ether oxygens (including phenoxy) is 1. The van der Waals surface area contributed by atoms with Crippen LogP contribution in [0.3, 0.4) is 0 Å². The van der Waals surface area contributed by atoms with Crippen LogP contribution in [-0.4, -0.2) is 55.2 Å². The second-order valence-corrected chi connectivity index (χ2v) is 7.16. The Balaban J connectivity index is 1.66. The van der Waals surface area contributed by atoms with E-state index in [1.54, 1.807) is 12.3 Å². The molecule has 2 fully saturated rings. The van der Waals surface area contributed by atoms with E-state index in [9.17, 15) is 4.79 Å². The van der Waals surface area contributed by atoms with Crippen LogP contribution in [0, 0.1) is 0 Å². The lowest BCUT2D eigenvalue weighted by Gasteiger charge is -2.29. The summed E-state index contributed by atoms with van der Waals surface area (Å²) in [7, 11) is 1.97. The van der Waals surface area contributed by atoms with Crippen LogP contribution in [0.25, 0.3) is 0 Å². The smallest absolute Gasteiger partial charge is 0.255 e. The molecule has 3 rings (SSSR count).